The van der Waals surface area contributed by atoms with Gasteiger partial charge in [0.15, 0.2) is 11.4 Å². The zero-order valence-electron chi connectivity index (χ0n) is 29.9. The van der Waals surface area contributed by atoms with Crippen molar-refractivity contribution in [2.45, 2.75) is 27.7 Å². The highest BCUT2D eigenvalue weighted by molar-refractivity contribution is 6.21. The predicted octanol–water partition coefficient (Wildman–Crippen LogP) is 2.67. The summed E-state index contributed by atoms with van der Waals surface area (Å²) in [7, 11) is 0. The number of primary amides is 2. The minimum absolute atomic E-state index is 0.00258. The summed E-state index contributed by atoms with van der Waals surface area (Å²) in [6.45, 7) is 8.35. The van der Waals surface area contributed by atoms with Crippen molar-refractivity contribution in [3.05, 3.63) is 106 Å². The van der Waals surface area contributed by atoms with Crippen LogP contribution in [0, 0.1) is 27.7 Å². The number of aromatic nitrogens is 6. The molecule has 0 saturated carbocycles. The number of benzene rings is 1. The van der Waals surface area contributed by atoms with Crippen molar-refractivity contribution in [3.8, 4) is 11.8 Å². The summed E-state index contributed by atoms with van der Waals surface area (Å²) in [6, 6.07) is 17.0. The van der Waals surface area contributed by atoms with Crippen molar-refractivity contribution in [3.63, 3.8) is 0 Å². The number of aryl methyl sites for hydroxylation is 4. The van der Waals surface area contributed by atoms with E-state index >= 15 is 0 Å². The second-order valence-electron chi connectivity index (χ2n) is 11.9. The molecular formula is C36H38N12O6. The lowest BCUT2D eigenvalue weighted by atomic mass is 10.1. The molecule has 0 bridgehead atoms. The molecule has 0 saturated heterocycles. The van der Waals surface area contributed by atoms with Crippen LogP contribution in [0.15, 0.2) is 60.7 Å². The van der Waals surface area contributed by atoms with Crippen molar-refractivity contribution in [2.24, 2.45) is 17.2 Å². The van der Waals surface area contributed by atoms with Crippen LogP contribution in [-0.4, -0.2) is 85.2 Å². The molecule has 1 aliphatic heterocycles. The van der Waals surface area contributed by atoms with Gasteiger partial charge in [0, 0.05) is 30.1 Å². The van der Waals surface area contributed by atoms with Crippen LogP contribution in [0.4, 0.5) is 23.0 Å². The highest BCUT2D eigenvalue weighted by atomic mass is 16.5. The topological polar surface area (TPSA) is 269 Å². The Balaban J connectivity index is 0.000000223. The molecule has 5 heterocycles. The number of hydrogen-bond donors (Lipinski definition) is 5. The van der Waals surface area contributed by atoms with Gasteiger partial charge >= 0.3 is 0 Å². The summed E-state index contributed by atoms with van der Waals surface area (Å²) in [6.07, 6.45) is 0. The molecule has 278 valence electrons. The summed E-state index contributed by atoms with van der Waals surface area (Å²) in [5, 5.41) is 21.3. The largest absolute Gasteiger partial charge is 0.475 e. The van der Waals surface area contributed by atoms with Crippen molar-refractivity contribution in [2.75, 3.05) is 36.9 Å². The summed E-state index contributed by atoms with van der Waals surface area (Å²) in [5.74, 6) is -0.769. The van der Waals surface area contributed by atoms with Crippen LogP contribution in [0.1, 0.15) is 64.2 Å². The van der Waals surface area contributed by atoms with Crippen LogP contribution in [0.5, 0.6) is 11.8 Å². The number of imide groups is 1. The standard InChI is InChI=1S/C22H20N6O4.C14H18N6O2/c1-12-7-8-17(24-13(12)2)25-16-11-18(26-27-19(16)20(23)29)32-10-9-28-21(30)14-5-3-4-6-15(14)22(28)31;1-8-3-4-11(17-9(8)2)18-10-7-12(22-6-5-15)19-20-13(10)14(16)21/h3-8,11H,9-10H2,1-2H3,(H2,23,29)(H,24,25,26);3-4,7H,5-6,15H2,1-2H3,(H2,16,21)(H,17,18,19). The van der Waals surface area contributed by atoms with Gasteiger partial charge in [0.2, 0.25) is 11.8 Å². The molecule has 18 nitrogen and oxygen atoms in total. The highest BCUT2D eigenvalue weighted by Gasteiger charge is 2.34. The summed E-state index contributed by atoms with van der Waals surface area (Å²) >= 11 is 0. The summed E-state index contributed by atoms with van der Waals surface area (Å²) < 4.78 is 10.9. The molecule has 0 fully saturated rings. The average Bonchev–Trinajstić information content (AvgIpc) is 3.39. The zero-order chi connectivity index (χ0) is 38.9. The first-order valence-corrected chi connectivity index (χ1v) is 16.5. The third kappa shape index (κ3) is 9.04. The molecule has 18 heteroatoms. The fourth-order valence-corrected chi connectivity index (χ4v) is 4.97. The smallest absolute Gasteiger partial charge is 0.271 e. The number of amides is 4. The lowest BCUT2D eigenvalue weighted by Gasteiger charge is -2.15. The van der Waals surface area contributed by atoms with Crippen LogP contribution in [0.3, 0.4) is 0 Å². The maximum Gasteiger partial charge on any atom is 0.271 e. The fourth-order valence-electron chi connectivity index (χ4n) is 4.97. The van der Waals surface area contributed by atoms with E-state index in [4.69, 9.17) is 26.7 Å². The Labute approximate surface area is 309 Å². The minimum Gasteiger partial charge on any atom is -0.475 e. The van der Waals surface area contributed by atoms with Gasteiger partial charge in [0.25, 0.3) is 23.6 Å². The first kappa shape index (κ1) is 38.2. The minimum atomic E-state index is -0.763. The molecule has 4 aromatic heterocycles. The van der Waals surface area contributed by atoms with Gasteiger partial charge in [0.1, 0.15) is 24.8 Å². The van der Waals surface area contributed by atoms with Gasteiger partial charge in [0.05, 0.1) is 29.0 Å². The zero-order valence-corrected chi connectivity index (χ0v) is 29.9. The van der Waals surface area contributed by atoms with Crippen LogP contribution >= 0.6 is 0 Å². The normalized spacial score (nSPS) is 11.7. The maximum atomic E-state index is 12.4. The number of nitrogens with two attached hydrogens (primary N) is 3. The Morgan fingerprint density at radius 2 is 1.11 bits per heavy atom. The van der Waals surface area contributed by atoms with Gasteiger partial charge < -0.3 is 37.3 Å². The number of rotatable bonds is 13. The number of hydrogen-bond acceptors (Lipinski definition) is 15. The Morgan fingerprint density at radius 3 is 1.52 bits per heavy atom. The Morgan fingerprint density at radius 1 is 0.667 bits per heavy atom. The molecule has 0 aliphatic carbocycles. The lowest BCUT2D eigenvalue weighted by Crippen LogP contribution is -2.33. The van der Waals surface area contributed by atoms with Gasteiger partial charge in [-0.1, -0.05) is 24.3 Å². The lowest BCUT2D eigenvalue weighted by molar-refractivity contribution is 0.0629. The first-order chi connectivity index (χ1) is 25.9. The van der Waals surface area contributed by atoms with E-state index in [1.54, 1.807) is 42.5 Å². The van der Waals surface area contributed by atoms with Crippen molar-refractivity contribution >= 4 is 46.6 Å². The molecular weight excluding hydrogens is 696 g/mol. The second-order valence-corrected chi connectivity index (χ2v) is 11.9. The summed E-state index contributed by atoms with van der Waals surface area (Å²) in [4.78, 5) is 58.0. The Bertz CT molecular complexity index is 2200. The molecule has 0 spiro atoms. The van der Waals surface area contributed by atoms with E-state index in [0.717, 1.165) is 27.4 Å². The van der Waals surface area contributed by atoms with Crippen LogP contribution in [0.25, 0.3) is 0 Å². The highest BCUT2D eigenvalue weighted by Crippen LogP contribution is 2.25. The van der Waals surface area contributed by atoms with E-state index in [0.29, 0.717) is 41.6 Å². The molecule has 1 aliphatic rings. The number of carbonyl (C=O) groups is 4. The van der Waals surface area contributed by atoms with Gasteiger partial charge in [-0.05, 0) is 63.1 Å². The summed E-state index contributed by atoms with van der Waals surface area (Å²) in [5.41, 5.74) is 21.2. The molecule has 6 rings (SSSR count). The molecule has 4 amide bonds. The number of pyridine rings is 2. The van der Waals surface area contributed by atoms with Crippen molar-refractivity contribution in [1.82, 2.24) is 35.3 Å². The van der Waals surface area contributed by atoms with E-state index in [2.05, 4.69) is 41.0 Å². The van der Waals surface area contributed by atoms with Crippen LogP contribution in [-0.2, 0) is 0 Å². The molecule has 0 radical (unpaired) electrons. The van der Waals surface area contributed by atoms with E-state index in [9.17, 15) is 19.2 Å². The van der Waals surface area contributed by atoms with Crippen LogP contribution in [0.2, 0.25) is 0 Å². The van der Waals surface area contributed by atoms with E-state index in [1.807, 2.05) is 39.8 Å². The van der Waals surface area contributed by atoms with Crippen LogP contribution < -0.4 is 37.3 Å². The van der Waals surface area contributed by atoms with Gasteiger partial charge in [-0.25, -0.2) is 9.97 Å². The molecule has 1 aromatic carbocycles. The second kappa shape index (κ2) is 17.0. The van der Waals surface area contributed by atoms with E-state index < -0.39 is 11.8 Å². The number of ether oxygens (including phenoxy) is 2. The molecule has 0 unspecified atom stereocenters. The number of carbonyl (C=O) groups excluding carboxylic acids is 4. The fraction of sp³-hybridized carbons (Fsp3) is 0.222. The molecule has 54 heavy (non-hydrogen) atoms. The van der Waals surface area contributed by atoms with Crippen molar-refractivity contribution < 1.29 is 28.7 Å². The van der Waals surface area contributed by atoms with Gasteiger partial charge in [-0.15, -0.1) is 20.4 Å². The quantitative estimate of drug-likeness (QED) is 0.109. The maximum absolute atomic E-state index is 12.4. The number of nitrogens with zero attached hydrogens (tertiary/aromatic N) is 7. The van der Waals surface area contributed by atoms with E-state index in [-0.39, 0.29) is 53.8 Å². The predicted molar refractivity (Wildman–Crippen MR) is 197 cm³/mol. The number of nitrogens with one attached hydrogen (secondary N) is 2. The Hall–Kier alpha value is -7.08. The van der Waals surface area contributed by atoms with Gasteiger partial charge in [-0.3, -0.25) is 24.1 Å². The number of anilines is 4. The third-order valence-corrected chi connectivity index (χ3v) is 8.05. The number of fused-ring (bicyclic) bond motifs is 1. The molecule has 0 atom stereocenters. The molecule has 5 aromatic rings. The van der Waals surface area contributed by atoms with E-state index in [1.165, 1.54) is 6.07 Å². The SMILES string of the molecule is Cc1ccc(Nc2cc(OCCN)nnc2C(N)=O)nc1C.Cc1ccc(Nc2cc(OCCN3C(=O)c4ccccc4C3=O)nnc2C(N)=O)nc1C. The third-order valence-electron chi connectivity index (χ3n) is 8.05. The Kier molecular flexibility index (Phi) is 12.0. The van der Waals surface area contributed by atoms with Gasteiger partial charge in [-0.2, -0.15) is 0 Å². The average molecular weight is 735 g/mol. The first-order valence-electron chi connectivity index (χ1n) is 16.5. The van der Waals surface area contributed by atoms with Crippen molar-refractivity contribution in [1.29, 1.82) is 0 Å². The molecule has 8 N–H and O–H groups in total. The monoisotopic (exact) mass is 734 g/mol.